The lowest BCUT2D eigenvalue weighted by Gasteiger charge is -2.30. The van der Waals surface area contributed by atoms with Crippen molar-refractivity contribution in [3.8, 4) is 6.01 Å². The summed E-state index contributed by atoms with van der Waals surface area (Å²) < 4.78 is 84.4. The summed E-state index contributed by atoms with van der Waals surface area (Å²) in [6, 6.07) is 2.03. The minimum absolute atomic E-state index is 0.0196. The standard InChI is InChI=1S/C22H23F5N6O3S/c1-4-5-13-8-14-16(28-19(29-17(14)37-13)34-10-12-11-35-20(2,3)36-12)32-6-7-33-15(9-32)30-31-18(33)21(23,24)22(25,26)27/h8,11H,4-7,9-10H2,1-3H3. The van der Waals surface area contributed by atoms with Gasteiger partial charge in [0.2, 0.25) is 11.6 Å². The molecule has 0 spiro atoms. The number of rotatable bonds is 7. The fourth-order valence-corrected chi connectivity index (χ4v) is 5.20. The van der Waals surface area contributed by atoms with Crippen molar-refractivity contribution in [1.82, 2.24) is 24.7 Å². The monoisotopic (exact) mass is 546 g/mol. The predicted molar refractivity (Wildman–Crippen MR) is 122 cm³/mol. The molecule has 3 aromatic rings. The van der Waals surface area contributed by atoms with Crippen LogP contribution in [0.5, 0.6) is 6.01 Å². The number of nitrogens with zero attached hydrogens (tertiary/aromatic N) is 6. The van der Waals surface area contributed by atoms with Gasteiger partial charge in [0, 0.05) is 31.8 Å². The number of anilines is 1. The molecule has 0 fully saturated rings. The summed E-state index contributed by atoms with van der Waals surface area (Å²) in [7, 11) is 0. The van der Waals surface area contributed by atoms with Crippen molar-refractivity contribution >= 4 is 27.4 Å². The van der Waals surface area contributed by atoms with Crippen LogP contribution in [0.25, 0.3) is 10.2 Å². The number of aromatic nitrogens is 5. The third-order valence-electron chi connectivity index (χ3n) is 5.78. The lowest BCUT2D eigenvalue weighted by Crippen LogP contribution is -2.40. The molecule has 200 valence electrons. The Balaban J connectivity index is 1.45. The van der Waals surface area contributed by atoms with E-state index in [0.717, 1.165) is 27.7 Å². The lowest BCUT2D eigenvalue weighted by atomic mass is 10.2. The number of fused-ring (bicyclic) bond motifs is 2. The fourth-order valence-electron chi connectivity index (χ4n) is 4.08. The number of ether oxygens (including phenoxy) is 3. The molecule has 2 aliphatic heterocycles. The first kappa shape index (κ1) is 25.4. The first-order valence-electron chi connectivity index (χ1n) is 11.5. The molecule has 9 nitrogen and oxygen atoms in total. The third-order valence-corrected chi connectivity index (χ3v) is 6.87. The summed E-state index contributed by atoms with van der Waals surface area (Å²) in [6.07, 6.45) is -2.57. The van der Waals surface area contributed by atoms with E-state index in [1.165, 1.54) is 17.6 Å². The highest BCUT2D eigenvalue weighted by Crippen LogP contribution is 2.44. The Hall–Kier alpha value is -3.23. The van der Waals surface area contributed by atoms with Crippen molar-refractivity contribution in [2.45, 2.75) is 64.6 Å². The first-order valence-corrected chi connectivity index (χ1v) is 12.3. The fraction of sp³-hybridized carbons (Fsp3) is 0.545. The molecule has 0 radical (unpaired) electrons. The van der Waals surface area contributed by atoms with Crippen LogP contribution < -0.4 is 9.64 Å². The molecule has 0 amide bonds. The lowest BCUT2D eigenvalue weighted by molar-refractivity contribution is -0.293. The second-order valence-electron chi connectivity index (χ2n) is 9.09. The van der Waals surface area contributed by atoms with Gasteiger partial charge in [-0.05, 0) is 12.5 Å². The Morgan fingerprint density at radius 1 is 1.14 bits per heavy atom. The third kappa shape index (κ3) is 4.76. The van der Waals surface area contributed by atoms with Gasteiger partial charge in [0.1, 0.15) is 16.9 Å². The normalized spacial score (nSPS) is 17.4. The maximum atomic E-state index is 14.0. The van der Waals surface area contributed by atoms with Crippen molar-refractivity contribution in [2.24, 2.45) is 0 Å². The van der Waals surface area contributed by atoms with Crippen molar-refractivity contribution in [1.29, 1.82) is 0 Å². The molecule has 0 bridgehead atoms. The Morgan fingerprint density at radius 2 is 1.92 bits per heavy atom. The number of aryl methyl sites for hydroxylation is 1. The van der Waals surface area contributed by atoms with E-state index in [1.54, 1.807) is 18.7 Å². The first-order chi connectivity index (χ1) is 17.4. The Morgan fingerprint density at radius 3 is 2.59 bits per heavy atom. The molecule has 37 heavy (non-hydrogen) atoms. The number of hydrogen-bond donors (Lipinski definition) is 0. The van der Waals surface area contributed by atoms with E-state index < -0.39 is 23.7 Å². The summed E-state index contributed by atoms with van der Waals surface area (Å²) in [5.41, 5.74) is 0. The molecule has 5 heterocycles. The Bertz CT molecular complexity index is 1350. The van der Waals surface area contributed by atoms with Gasteiger partial charge in [-0.3, -0.25) is 0 Å². The smallest absolute Gasteiger partial charge is 0.457 e. The number of halogens is 5. The van der Waals surface area contributed by atoms with Crippen LogP contribution in [0.3, 0.4) is 0 Å². The minimum Gasteiger partial charge on any atom is -0.457 e. The van der Waals surface area contributed by atoms with Crippen LogP contribution in [0, 0.1) is 0 Å². The van der Waals surface area contributed by atoms with E-state index in [-0.39, 0.29) is 38.1 Å². The van der Waals surface area contributed by atoms with E-state index in [0.29, 0.717) is 16.4 Å². The Kier molecular flexibility index (Phi) is 6.15. The van der Waals surface area contributed by atoms with Gasteiger partial charge >= 0.3 is 18.1 Å². The summed E-state index contributed by atoms with van der Waals surface area (Å²) in [5, 5.41) is 7.55. The van der Waals surface area contributed by atoms with Crippen molar-refractivity contribution in [2.75, 3.05) is 18.1 Å². The highest BCUT2D eigenvalue weighted by molar-refractivity contribution is 7.18. The molecule has 0 saturated heterocycles. The van der Waals surface area contributed by atoms with Crippen molar-refractivity contribution < 1.29 is 36.2 Å². The molecule has 3 aromatic heterocycles. The highest BCUT2D eigenvalue weighted by atomic mass is 32.1. The summed E-state index contributed by atoms with van der Waals surface area (Å²) in [4.78, 5) is 12.6. The van der Waals surface area contributed by atoms with Crippen LogP contribution in [0.1, 0.15) is 43.7 Å². The summed E-state index contributed by atoms with van der Waals surface area (Å²) in [5.74, 6) is -6.42. The van der Waals surface area contributed by atoms with E-state index in [2.05, 4.69) is 27.1 Å². The van der Waals surface area contributed by atoms with Gasteiger partial charge in [-0.2, -0.15) is 31.9 Å². The van der Waals surface area contributed by atoms with Crippen molar-refractivity contribution in [3.63, 3.8) is 0 Å². The van der Waals surface area contributed by atoms with Crippen LogP contribution >= 0.6 is 11.3 Å². The second kappa shape index (κ2) is 8.96. The number of thiophene rings is 1. The molecular formula is C22H23F5N6O3S. The average Bonchev–Trinajstić information content (AvgIpc) is 3.52. The topological polar surface area (TPSA) is 87.4 Å². The molecule has 5 rings (SSSR count). The van der Waals surface area contributed by atoms with Crippen LogP contribution in [0.2, 0.25) is 0 Å². The molecule has 2 aliphatic rings. The van der Waals surface area contributed by atoms with Gasteiger partial charge in [0.25, 0.3) is 0 Å². The van der Waals surface area contributed by atoms with E-state index in [9.17, 15) is 22.0 Å². The van der Waals surface area contributed by atoms with Crippen LogP contribution in [0.4, 0.5) is 27.8 Å². The minimum atomic E-state index is -5.77. The summed E-state index contributed by atoms with van der Waals surface area (Å²) >= 11 is 1.48. The van der Waals surface area contributed by atoms with E-state index in [1.807, 2.05) is 6.07 Å². The molecule has 0 atom stereocenters. The second-order valence-corrected chi connectivity index (χ2v) is 10.2. The number of alkyl halides is 5. The van der Waals surface area contributed by atoms with E-state index in [4.69, 9.17) is 14.2 Å². The SMILES string of the molecule is CCCc1cc2c(N3CCn4c(nnc4C(F)(F)C(F)(F)F)C3)nc(OCC3=COC(C)(C)O3)nc2s1. The van der Waals surface area contributed by atoms with Gasteiger partial charge in [-0.25, -0.2) is 0 Å². The summed E-state index contributed by atoms with van der Waals surface area (Å²) in [6.45, 7) is 5.44. The van der Waals surface area contributed by atoms with Gasteiger partial charge in [0.05, 0.1) is 11.9 Å². The zero-order chi connectivity index (χ0) is 26.6. The van der Waals surface area contributed by atoms with Gasteiger partial charge < -0.3 is 23.7 Å². The molecule has 0 unspecified atom stereocenters. The van der Waals surface area contributed by atoms with Gasteiger partial charge in [0.15, 0.2) is 18.2 Å². The largest absolute Gasteiger partial charge is 0.461 e. The van der Waals surface area contributed by atoms with E-state index >= 15 is 0 Å². The van der Waals surface area contributed by atoms with Gasteiger partial charge in [-0.15, -0.1) is 21.5 Å². The maximum absolute atomic E-state index is 14.0. The quantitative estimate of drug-likeness (QED) is 0.387. The predicted octanol–water partition coefficient (Wildman–Crippen LogP) is 4.91. The zero-order valence-electron chi connectivity index (χ0n) is 20.1. The highest BCUT2D eigenvalue weighted by Gasteiger charge is 2.62. The Labute approximate surface area is 211 Å². The molecule has 0 aliphatic carbocycles. The molecular weight excluding hydrogens is 523 g/mol. The number of hydrogen-bond acceptors (Lipinski definition) is 9. The van der Waals surface area contributed by atoms with Gasteiger partial charge in [-0.1, -0.05) is 13.3 Å². The van der Waals surface area contributed by atoms with Crippen LogP contribution in [0.15, 0.2) is 18.1 Å². The average molecular weight is 547 g/mol. The van der Waals surface area contributed by atoms with Crippen LogP contribution in [-0.2, 0) is 34.9 Å². The maximum Gasteiger partial charge on any atom is 0.461 e. The molecule has 15 heteroatoms. The molecule has 0 saturated carbocycles. The van der Waals surface area contributed by atoms with Crippen molar-refractivity contribution in [3.05, 3.63) is 34.6 Å². The molecule has 0 N–H and O–H groups in total. The zero-order valence-corrected chi connectivity index (χ0v) is 20.9. The van der Waals surface area contributed by atoms with Crippen LogP contribution in [-0.4, -0.2) is 49.8 Å². The molecule has 0 aromatic carbocycles.